The van der Waals surface area contributed by atoms with Crippen molar-refractivity contribution in [3.8, 4) is 5.69 Å². The lowest BCUT2D eigenvalue weighted by Crippen LogP contribution is -2.51. The molecule has 1 fully saturated rings. The van der Waals surface area contributed by atoms with Gasteiger partial charge in [0.25, 0.3) is 0 Å². The number of hydrogen-bond acceptors (Lipinski definition) is 3. The summed E-state index contributed by atoms with van der Waals surface area (Å²) in [6.07, 6.45) is 7.33. The Labute approximate surface area is 136 Å². The number of aromatic nitrogens is 2. The molecule has 1 aromatic heterocycles. The second-order valence-corrected chi connectivity index (χ2v) is 5.67. The first-order valence-electron chi connectivity index (χ1n) is 7.34. The second-order valence-electron chi connectivity index (χ2n) is 5.67. The molecular formula is C16H21ClN4O. The number of amides is 1. The molecule has 0 saturated heterocycles. The van der Waals surface area contributed by atoms with Crippen molar-refractivity contribution in [1.82, 2.24) is 15.1 Å². The standard InChI is InChI=1S/C16H20N4O.ClH/c17-16(8-4-5-9-16)15(21)18-10-13-11-19-20(12-13)14-6-2-1-3-7-14;/h1-3,6-7,11-12H,4-5,8-10,17H2,(H,18,21);1H. The van der Waals surface area contributed by atoms with Crippen molar-refractivity contribution in [2.24, 2.45) is 5.73 Å². The van der Waals surface area contributed by atoms with Crippen molar-refractivity contribution in [2.75, 3.05) is 0 Å². The highest BCUT2D eigenvalue weighted by atomic mass is 35.5. The van der Waals surface area contributed by atoms with E-state index in [1.54, 1.807) is 10.9 Å². The molecule has 22 heavy (non-hydrogen) atoms. The van der Waals surface area contributed by atoms with Crippen LogP contribution in [0.25, 0.3) is 5.69 Å². The monoisotopic (exact) mass is 320 g/mol. The number of nitrogens with one attached hydrogen (secondary N) is 1. The van der Waals surface area contributed by atoms with E-state index in [2.05, 4.69) is 10.4 Å². The Balaban J connectivity index is 0.00000176. The second kappa shape index (κ2) is 6.94. The van der Waals surface area contributed by atoms with Crippen molar-refractivity contribution >= 4 is 18.3 Å². The zero-order valence-corrected chi connectivity index (χ0v) is 13.2. The number of nitrogens with zero attached hydrogens (tertiary/aromatic N) is 2. The van der Waals surface area contributed by atoms with Crippen molar-refractivity contribution in [2.45, 2.75) is 37.8 Å². The number of hydrogen-bond donors (Lipinski definition) is 2. The van der Waals surface area contributed by atoms with Crippen LogP contribution in [0.5, 0.6) is 0 Å². The minimum absolute atomic E-state index is 0. The molecule has 0 bridgehead atoms. The molecule has 1 amide bonds. The third-order valence-electron chi connectivity index (χ3n) is 4.06. The normalized spacial score (nSPS) is 16.0. The predicted octanol–water partition coefficient (Wildman–Crippen LogP) is 2.18. The van der Waals surface area contributed by atoms with Crippen LogP contribution in [0.15, 0.2) is 42.7 Å². The summed E-state index contributed by atoms with van der Waals surface area (Å²) in [5.74, 6) is -0.0486. The van der Waals surface area contributed by atoms with E-state index in [-0.39, 0.29) is 18.3 Å². The number of carbonyl (C=O) groups is 1. The van der Waals surface area contributed by atoms with Gasteiger partial charge in [0.1, 0.15) is 0 Å². The number of para-hydroxylation sites is 1. The first kappa shape index (κ1) is 16.5. The Kier molecular flexibility index (Phi) is 5.21. The molecular weight excluding hydrogens is 300 g/mol. The minimum Gasteiger partial charge on any atom is -0.350 e. The number of benzene rings is 1. The molecule has 118 valence electrons. The summed E-state index contributed by atoms with van der Waals surface area (Å²) in [6.45, 7) is 0.463. The third-order valence-corrected chi connectivity index (χ3v) is 4.06. The van der Waals surface area contributed by atoms with E-state index in [0.29, 0.717) is 6.54 Å². The highest BCUT2D eigenvalue weighted by molar-refractivity contribution is 5.86. The van der Waals surface area contributed by atoms with Crippen LogP contribution in [-0.2, 0) is 11.3 Å². The molecule has 0 unspecified atom stereocenters. The maximum Gasteiger partial charge on any atom is 0.240 e. The highest BCUT2D eigenvalue weighted by Crippen LogP contribution is 2.27. The molecule has 0 aliphatic heterocycles. The van der Waals surface area contributed by atoms with E-state index in [4.69, 9.17) is 5.73 Å². The third kappa shape index (κ3) is 3.48. The van der Waals surface area contributed by atoms with Crippen molar-refractivity contribution < 1.29 is 4.79 Å². The maximum atomic E-state index is 12.2. The fourth-order valence-corrected chi connectivity index (χ4v) is 2.76. The predicted molar refractivity (Wildman–Crippen MR) is 88.0 cm³/mol. The minimum atomic E-state index is -0.671. The van der Waals surface area contributed by atoms with E-state index in [0.717, 1.165) is 36.9 Å². The Bertz CT molecular complexity index is 620. The van der Waals surface area contributed by atoms with Gasteiger partial charge in [-0.15, -0.1) is 12.4 Å². The summed E-state index contributed by atoms with van der Waals surface area (Å²) in [7, 11) is 0. The Morgan fingerprint density at radius 2 is 1.95 bits per heavy atom. The summed E-state index contributed by atoms with van der Waals surface area (Å²) < 4.78 is 1.80. The SMILES string of the molecule is Cl.NC1(C(=O)NCc2cnn(-c3ccccc3)c2)CCCC1. The van der Waals surface area contributed by atoms with Gasteiger partial charge in [0, 0.05) is 18.3 Å². The van der Waals surface area contributed by atoms with Crippen molar-refractivity contribution in [1.29, 1.82) is 0 Å². The molecule has 3 N–H and O–H groups in total. The molecule has 1 aliphatic rings. The topological polar surface area (TPSA) is 72.9 Å². The molecule has 1 aliphatic carbocycles. The number of carbonyl (C=O) groups excluding carboxylic acids is 1. The fraction of sp³-hybridized carbons (Fsp3) is 0.375. The number of halogens is 1. The lowest BCUT2D eigenvalue weighted by Gasteiger charge is -2.21. The van der Waals surface area contributed by atoms with Gasteiger partial charge in [-0.05, 0) is 25.0 Å². The van der Waals surface area contributed by atoms with E-state index >= 15 is 0 Å². The van der Waals surface area contributed by atoms with Gasteiger partial charge in [-0.25, -0.2) is 4.68 Å². The Morgan fingerprint density at radius 3 is 2.64 bits per heavy atom. The number of rotatable bonds is 4. The first-order chi connectivity index (χ1) is 10.2. The zero-order valence-electron chi connectivity index (χ0n) is 12.4. The van der Waals surface area contributed by atoms with Gasteiger partial charge in [0.15, 0.2) is 0 Å². The van der Waals surface area contributed by atoms with Gasteiger partial charge in [-0.3, -0.25) is 4.79 Å². The van der Waals surface area contributed by atoms with E-state index in [1.165, 1.54) is 0 Å². The van der Waals surface area contributed by atoms with Crippen LogP contribution < -0.4 is 11.1 Å². The van der Waals surface area contributed by atoms with Gasteiger partial charge in [0.2, 0.25) is 5.91 Å². The molecule has 1 aromatic carbocycles. The van der Waals surface area contributed by atoms with E-state index in [9.17, 15) is 4.79 Å². The van der Waals surface area contributed by atoms with Crippen LogP contribution in [0.2, 0.25) is 0 Å². The first-order valence-corrected chi connectivity index (χ1v) is 7.34. The zero-order chi connectivity index (χ0) is 14.7. The molecule has 2 aromatic rings. The summed E-state index contributed by atoms with van der Waals surface area (Å²) >= 11 is 0. The molecule has 6 heteroatoms. The van der Waals surface area contributed by atoms with Crippen LogP contribution >= 0.6 is 12.4 Å². The average Bonchev–Trinajstić information content (AvgIpc) is 3.15. The Hall–Kier alpha value is -1.85. The largest absolute Gasteiger partial charge is 0.350 e. The van der Waals surface area contributed by atoms with Crippen LogP contribution in [0.1, 0.15) is 31.2 Å². The molecule has 0 atom stereocenters. The van der Waals surface area contributed by atoms with Gasteiger partial charge in [-0.2, -0.15) is 5.10 Å². The molecule has 0 radical (unpaired) electrons. The highest BCUT2D eigenvalue weighted by Gasteiger charge is 2.36. The van der Waals surface area contributed by atoms with Crippen LogP contribution in [0.3, 0.4) is 0 Å². The smallest absolute Gasteiger partial charge is 0.240 e. The van der Waals surface area contributed by atoms with Crippen molar-refractivity contribution in [3.63, 3.8) is 0 Å². The summed E-state index contributed by atoms with van der Waals surface area (Å²) in [5.41, 5.74) is 7.43. The van der Waals surface area contributed by atoms with Gasteiger partial charge in [0.05, 0.1) is 17.4 Å². The van der Waals surface area contributed by atoms with Crippen LogP contribution in [0.4, 0.5) is 0 Å². The molecule has 1 heterocycles. The van der Waals surface area contributed by atoms with E-state index < -0.39 is 5.54 Å². The van der Waals surface area contributed by atoms with Gasteiger partial charge >= 0.3 is 0 Å². The number of nitrogens with two attached hydrogens (primary N) is 1. The molecule has 3 rings (SSSR count). The summed E-state index contributed by atoms with van der Waals surface area (Å²) in [5, 5.41) is 7.24. The fourth-order valence-electron chi connectivity index (χ4n) is 2.76. The summed E-state index contributed by atoms with van der Waals surface area (Å²) in [6, 6.07) is 9.88. The molecule has 1 saturated carbocycles. The van der Waals surface area contributed by atoms with Crippen LogP contribution in [0, 0.1) is 0 Å². The van der Waals surface area contributed by atoms with Gasteiger partial charge in [-0.1, -0.05) is 31.0 Å². The maximum absolute atomic E-state index is 12.2. The van der Waals surface area contributed by atoms with Crippen LogP contribution in [-0.4, -0.2) is 21.2 Å². The Morgan fingerprint density at radius 1 is 1.27 bits per heavy atom. The van der Waals surface area contributed by atoms with Gasteiger partial charge < -0.3 is 11.1 Å². The molecule has 5 nitrogen and oxygen atoms in total. The lowest BCUT2D eigenvalue weighted by molar-refractivity contribution is -0.126. The van der Waals surface area contributed by atoms with E-state index in [1.807, 2.05) is 36.5 Å². The van der Waals surface area contributed by atoms with Crippen molar-refractivity contribution in [3.05, 3.63) is 48.3 Å². The average molecular weight is 321 g/mol. The summed E-state index contributed by atoms with van der Waals surface area (Å²) in [4.78, 5) is 12.2. The molecule has 0 spiro atoms. The quantitative estimate of drug-likeness (QED) is 0.907. The lowest BCUT2D eigenvalue weighted by atomic mass is 9.98.